The number of rotatable bonds is 8. The highest BCUT2D eigenvalue weighted by atomic mass is 15.1. The average molecular weight is 212 g/mol. The smallest absolute Gasteiger partial charge is 0.0107 e. The highest BCUT2D eigenvalue weighted by molar-refractivity contribution is 4.83. The Balaban J connectivity index is 2.05. The zero-order valence-electron chi connectivity index (χ0n) is 10.9. The summed E-state index contributed by atoms with van der Waals surface area (Å²) in [5.41, 5.74) is 0. The molecule has 0 aromatic rings. The predicted octanol–water partition coefficient (Wildman–Crippen LogP) is 2.35. The molecule has 0 bridgehead atoms. The summed E-state index contributed by atoms with van der Waals surface area (Å²) in [4.78, 5) is 2.54. The zero-order chi connectivity index (χ0) is 11.3. The second-order valence-electron chi connectivity index (χ2n) is 5.37. The van der Waals surface area contributed by atoms with Gasteiger partial charge in [-0.05, 0) is 38.1 Å². The van der Waals surface area contributed by atoms with E-state index in [0.717, 1.165) is 24.4 Å². The topological polar surface area (TPSA) is 15.3 Å². The SMILES string of the molecule is CCN(CCNC(C)C1CC1)CC(C)C. The van der Waals surface area contributed by atoms with Crippen LogP contribution in [0.25, 0.3) is 0 Å². The average Bonchev–Trinajstić information content (AvgIpc) is 2.98. The summed E-state index contributed by atoms with van der Waals surface area (Å²) in [5, 5.41) is 3.64. The standard InChI is InChI=1S/C13H28N2/c1-5-15(10-11(2)3)9-8-14-12(4)13-6-7-13/h11-14H,5-10H2,1-4H3. The van der Waals surface area contributed by atoms with Crippen molar-refractivity contribution in [3.63, 3.8) is 0 Å². The number of nitrogens with zero attached hydrogens (tertiary/aromatic N) is 1. The minimum Gasteiger partial charge on any atom is -0.313 e. The zero-order valence-corrected chi connectivity index (χ0v) is 10.9. The van der Waals surface area contributed by atoms with E-state index in [1.165, 1.54) is 32.5 Å². The lowest BCUT2D eigenvalue weighted by Crippen LogP contribution is -2.38. The van der Waals surface area contributed by atoms with Crippen LogP contribution in [0.2, 0.25) is 0 Å². The van der Waals surface area contributed by atoms with Gasteiger partial charge >= 0.3 is 0 Å². The van der Waals surface area contributed by atoms with Crippen LogP contribution < -0.4 is 5.32 Å². The minimum atomic E-state index is 0.739. The van der Waals surface area contributed by atoms with Gasteiger partial charge < -0.3 is 10.2 Å². The molecule has 1 rings (SSSR count). The van der Waals surface area contributed by atoms with E-state index in [1.807, 2.05) is 0 Å². The fourth-order valence-electron chi connectivity index (χ4n) is 2.11. The predicted molar refractivity (Wildman–Crippen MR) is 67.1 cm³/mol. The first-order chi connectivity index (χ1) is 7.13. The van der Waals surface area contributed by atoms with Gasteiger partial charge in [0.1, 0.15) is 0 Å². The Labute approximate surface area is 95.4 Å². The Bertz CT molecular complexity index is 164. The van der Waals surface area contributed by atoms with Crippen LogP contribution >= 0.6 is 0 Å². The van der Waals surface area contributed by atoms with Crippen LogP contribution in [-0.4, -0.2) is 37.1 Å². The minimum absolute atomic E-state index is 0.739. The van der Waals surface area contributed by atoms with Crippen molar-refractivity contribution in [1.82, 2.24) is 10.2 Å². The van der Waals surface area contributed by atoms with E-state index in [9.17, 15) is 0 Å². The lowest BCUT2D eigenvalue weighted by molar-refractivity contribution is 0.252. The molecular formula is C13H28N2. The van der Waals surface area contributed by atoms with Gasteiger partial charge in [0.2, 0.25) is 0 Å². The van der Waals surface area contributed by atoms with Gasteiger partial charge in [-0.15, -0.1) is 0 Å². The summed E-state index contributed by atoms with van der Waals surface area (Å²) < 4.78 is 0. The Morgan fingerprint density at radius 3 is 2.40 bits per heavy atom. The summed E-state index contributed by atoms with van der Waals surface area (Å²) in [6, 6.07) is 0.739. The highest BCUT2D eigenvalue weighted by Gasteiger charge is 2.27. The molecule has 1 aliphatic rings. The molecule has 90 valence electrons. The molecule has 1 saturated carbocycles. The van der Waals surface area contributed by atoms with E-state index < -0.39 is 0 Å². The number of likely N-dealkylation sites (N-methyl/N-ethyl adjacent to an activating group) is 1. The van der Waals surface area contributed by atoms with Gasteiger partial charge in [0.15, 0.2) is 0 Å². The molecule has 1 fully saturated rings. The van der Waals surface area contributed by atoms with Crippen LogP contribution in [0.1, 0.15) is 40.5 Å². The van der Waals surface area contributed by atoms with Gasteiger partial charge in [0.05, 0.1) is 0 Å². The van der Waals surface area contributed by atoms with E-state index in [4.69, 9.17) is 0 Å². The highest BCUT2D eigenvalue weighted by Crippen LogP contribution is 2.32. The molecule has 0 saturated heterocycles. The maximum Gasteiger partial charge on any atom is 0.0107 e. The number of hydrogen-bond donors (Lipinski definition) is 1. The Morgan fingerprint density at radius 1 is 1.27 bits per heavy atom. The second-order valence-corrected chi connectivity index (χ2v) is 5.37. The molecule has 0 amide bonds. The van der Waals surface area contributed by atoms with Gasteiger partial charge in [-0.1, -0.05) is 20.8 Å². The molecule has 0 spiro atoms. The van der Waals surface area contributed by atoms with Crippen LogP contribution in [-0.2, 0) is 0 Å². The molecule has 1 aliphatic carbocycles. The molecule has 0 aliphatic heterocycles. The molecule has 0 aromatic carbocycles. The van der Waals surface area contributed by atoms with E-state index >= 15 is 0 Å². The normalized spacial score (nSPS) is 18.8. The van der Waals surface area contributed by atoms with Gasteiger partial charge in [-0.2, -0.15) is 0 Å². The molecule has 0 radical (unpaired) electrons. The van der Waals surface area contributed by atoms with Crippen molar-refractivity contribution in [1.29, 1.82) is 0 Å². The molecule has 0 aromatic heterocycles. The Morgan fingerprint density at radius 2 is 1.93 bits per heavy atom. The van der Waals surface area contributed by atoms with Crippen molar-refractivity contribution in [3.05, 3.63) is 0 Å². The third kappa shape index (κ3) is 5.53. The molecule has 0 heterocycles. The molecule has 1 N–H and O–H groups in total. The van der Waals surface area contributed by atoms with E-state index in [2.05, 4.69) is 37.9 Å². The lowest BCUT2D eigenvalue weighted by atomic mass is 10.2. The summed E-state index contributed by atoms with van der Waals surface area (Å²) in [5.74, 6) is 1.76. The molecule has 1 unspecified atom stereocenters. The summed E-state index contributed by atoms with van der Waals surface area (Å²) >= 11 is 0. The Hall–Kier alpha value is -0.0800. The third-order valence-corrected chi connectivity index (χ3v) is 3.29. The first-order valence-corrected chi connectivity index (χ1v) is 6.59. The van der Waals surface area contributed by atoms with Crippen LogP contribution in [0.5, 0.6) is 0 Å². The third-order valence-electron chi connectivity index (χ3n) is 3.29. The van der Waals surface area contributed by atoms with Crippen molar-refractivity contribution in [3.8, 4) is 0 Å². The van der Waals surface area contributed by atoms with Crippen molar-refractivity contribution < 1.29 is 0 Å². The Kier molecular flexibility index (Phi) is 5.62. The lowest BCUT2D eigenvalue weighted by Gasteiger charge is -2.23. The fraction of sp³-hybridized carbons (Fsp3) is 1.00. The van der Waals surface area contributed by atoms with E-state index in [0.29, 0.717) is 0 Å². The quantitative estimate of drug-likeness (QED) is 0.664. The second kappa shape index (κ2) is 6.49. The van der Waals surface area contributed by atoms with Crippen molar-refractivity contribution in [2.24, 2.45) is 11.8 Å². The largest absolute Gasteiger partial charge is 0.313 e. The molecule has 1 atom stereocenters. The number of hydrogen-bond acceptors (Lipinski definition) is 2. The van der Waals surface area contributed by atoms with Crippen molar-refractivity contribution in [2.45, 2.75) is 46.6 Å². The van der Waals surface area contributed by atoms with Gasteiger partial charge in [0, 0.05) is 25.7 Å². The summed E-state index contributed by atoms with van der Waals surface area (Å²) in [6.45, 7) is 13.9. The number of nitrogens with one attached hydrogen (secondary N) is 1. The summed E-state index contributed by atoms with van der Waals surface area (Å²) in [7, 11) is 0. The van der Waals surface area contributed by atoms with Crippen LogP contribution in [0.3, 0.4) is 0 Å². The van der Waals surface area contributed by atoms with Gasteiger partial charge in [-0.25, -0.2) is 0 Å². The van der Waals surface area contributed by atoms with Gasteiger partial charge in [-0.3, -0.25) is 0 Å². The first kappa shape index (κ1) is 13.0. The van der Waals surface area contributed by atoms with Crippen molar-refractivity contribution >= 4 is 0 Å². The monoisotopic (exact) mass is 212 g/mol. The van der Waals surface area contributed by atoms with Crippen molar-refractivity contribution in [2.75, 3.05) is 26.2 Å². The molecule has 15 heavy (non-hydrogen) atoms. The molecule has 2 nitrogen and oxygen atoms in total. The maximum absolute atomic E-state index is 3.64. The van der Waals surface area contributed by atoms with Crippen LogP contribution in [0.15, 0.2) is 0 Å². The molecular weight excluding hydrogens is 184 g/mol. The van der Waals surface area contributed by atoms with Crippen LogP contribution in [0.4, 0.5) is 0 Å². The fourth-order valence-corrected chi connectivity index (χ4v) is 2.11. The summed E-state index contributed by atoms with van der Waals surface area (Å²) in [6.07, 6.45) is 2.88. The maximum atomic E-state index is 3.64. The van der Waals surface area contributed by atoms with E-state index in [-0.39, 0.29) is 0 Å². The van der Waals surface area contributed by atoms with E-state index in [1.54, 1.807) is 0 Å². The molecule has 2 heteroatoms. The van der Waals surface area contributed by atoms with Crippen LogP contribution in [0, 0.1) is 11.8 Å². The van der Waals surface area contributed by atoms with Gasteiger partial charge in [0.25, 0.3) is 0 Å². The first-order valence-electron chi connectivity index (χ1n) is 6.59.